The van der Waals surface area contributed by atoms with Gasteiger partial charge in [0.15, 0.2) is 0 Å². The average molecular weight is 197 g/mol. The van der Waals surface area contributed by atoms with Gasteiger partial charge in [-0.25, -0.2) is 0 Å². The van der Waals surface area contributed by atoms with E-state index in [1.807, 2.05) is 0 Å². The summed E-state index contributed by atoms with van der Waals surface area (Å²) in [5, 5.41) is 3.53. The molecule has 0 aromatic carbocycles. The minimum Gasteiger partial charge on any atom is -0.317 e. The highest BCUT2D eigenvalue weighted by atomic mass is 14.9. The van der Waals surface area contributed by atoms with Crippen LogP contribution in [0, 0.1) is 11.3 Å². The Kier molecular flexibility index (Phi) is 4.43. The van der Waals surface area contributed by atoms with Crippen molar-refractivity contribution in [3.63, 3.8) is 0 Å². The Morgan fingerprint density at radius 2 is 2.07 bits per heavy atom. The smallest absolute Gasteiger partial charge is 0.00973 e. The maximum Gasteiger partial charge on any atom is 0.00973 e. The first kappa shape index (κ1) is 12.0. The van der Waals surface area contributed by atoms with E-state index in [1.165, 1.54) is 38.5 Å². The first-order chi connectivity index (χ1) is 6.61. The van der Waals surface area contributed by atoms with E-state index in [0.717, 1.165) is 12.0 Å². The zero-order valence-electron chi connectivity index (χ0n) is 10.4. The second kappa shape index (κ2) is 5.16. The first-order valence-electron chi connectivity index (χ1n) is 6.29. The number of hydrogen-bond acceptors (Lipinski definition) is 1. The van der Waals surface area contributed by atoms with Crippen LogP contribution in [0.25, 0.3) is 0 Å². The summed E-state index contributed by atoms with van der Waals surface area (Å²) >= 11 is 0. The van der Waals surface area contributed by atoms with Crippen molar-refractivity contribution in [3.05, 3.63) is 0 Å². The third-order valence-electron chi connectivity index (χ3n) is 4.05. The molecule has 1 fully saturated rings. The van der Waals surface area contributed by atoms with Gasteiger partial charge in [0.2, 0.25) is 0 Å². The number of nitrogens with one attached hydrogen (secondary N) is 1. The molecule has 0 aromatic rings. The van der Waals surface area contributed by atoms with Gasteiger partial charge < -0.3 is 5.32 Å². The van der Waals surface area contributed by atoms with Crippen LogP contribution in [0.15, 0.2) is 0 Å². The lowest BCUT2D eigenvalue weighted by Gasteiger charge is -2.43. The first-order valence-corrected chi connectivity index (χ1v) is 6.29. The van der Waals surface area contributed by atoms with E-state index in [1.54, 1.807) is 0 Å². The Labute approximate surface area is 89.7 Å². The molecule has 1 aliphatic carbocycles. The molecule has 1 saturated carbocycles. The Morgan fingerprint density at radius 1 is 1.36 bits per heavy atom. The van der Waals surface area contributed by atoms with Gasteiger partial charge in [0.25, 0.3) is 0 Å². The van der Waals surface area contributed by atoms with Crippen molar-refractivity contribution in [3.8, 4) is 0 Å². The summed E-state index contributed by atoms with van der Waals surface area (Å²) in [6, 6.07) is 0.746. The van der Waals surface area contributed by atoms with Gasteiger partial charge >= 0.3 is 0 Å². The topological polar surface area (TPSA) is 12.0 Å². The van der Waals surface area contributed by atoms with E-state index in [2.05, 4.69) is 33.1 Å². The SMILES string of the molecule is CCCC(NC)C1CCCCC1(C)C. The van der Waals surface area contributed by atoms with Gasteiger partial charge in [-0.15, -0.1) is 0 Å². The van der Waals surface area contributed by atoms with Gasteiger partial charge in [-0.2, -0.15) is 0 Å². The molecule has 1 nitrogen and oxygen atoms in total. The Morgan fingerprint density at radius 3 is 2.57 bits per heavy atom. The predicted octanol–water partition coefficient (Wildman–Crippen LogP) is 3.59. The van der Waals surface area contributed by atoms with E-state index in [0.29, 0.717) is 5.41 Å². The zero-order chi connectivity index (χ0) is 10.6. The standard InChI is InChI=1S/C13H27N/c1-5-8-12(14-4)11-9-6-7-10-13(11,2)3/h11-12,14H,5-10H2,1-4H3. The molecule has 84 valence electrons. The van der Waals surface area contributed by atoms with Gasteiger partial charge in [-0.3, -0.25) is 0 Å². The Hall–Kier alpha value is -0.0400. The molecule has 14 heavy (non-hydrogen) atoms. The summed E-state index contributed by atoms with van der Waals surface area (Å²) in [5.74, 6) is 0.890. The van der Waals surface area contributed by atoms with E-state index in [9.17, 15) is 0 Å². The van der Waals surface area contributed by atoms with Crippen molar-refractivity contribution in [2.75, 3.05) is 7.05 Å². The Balaban J connectivity index is 2.61. The lowest BCUT2D eigenvalue weighted by atomic mass is 9.65. The summed E-state index contributed by atoms with van der Waals surface area (Å²) in [7, 11) is 2.13. The minimum atomic E-state index is 0.557. The van der Waals surface area contributed by atoms with Gasteiger partial charge in [0.05, 0.1) is 0 Å². The molecule has 0 bridgehead atoms. The highest BCUT2D eigenvalue weighted by Gasteiger charge is 2.36. The molecule has 1 N–H and O–H groups in total. The summed E-state index contributed by atoms with van der Waals surface area (Å²) < 4.78 is 0. The number of rotatable bonds is 4. The molecule has 0 aliphatic heterocycles. The van der Waals surface area contributed by atoms with E-state index in [4.69, 9.17) is 0 Å². The minimum absolute atomic E-state index is 0.557. The summed E-state index contributed by atoms with van der Waals surface area (Å²) in [5.41, 5.74) is 0.557. The number of hydrogen-bond donors (Lipinski definition) is 1. The third-order valence-corrected chi connectivity index (χ3v) is 4.05. The van der Waals surface area contributed by atoms with Crippen LogP contribution in [0.3, 0.4) is 0 Å². The third kappa shape index (κ3) is 2.73. The average Bonchev–Trinajstić information content (AvgIpc) is 2.14. The molecule has 1 aliphatic rings. The predicted molar refractivity (Wildman–Crippen MR) is 63.5 cm³/mol. The molecule has 0 radical (unpaired) electrons. The lowest BCUT2D eigenvalue weighted by molar-refractivity contribution is 0.0975. The molecular formula is C13H27N. The molecule has 0 spiro atoms. The maximum absolute atomic E-state index is 3.53. The molecule has 1 heteroatoms. The van der Waals surface area contributed by atoms with Crippen molar-refractivity contribution in [2.24, 2.45) is 11.3 Å². The van der Waals surface area contributed by atoms with Gasteiger partial charge in [-0.05, 0) is 37.6 Å². The lowest BCUT2D eigenvalue weighted by Crippen LogP contribution is -2.43. The summed E-state index contributed by atoms with van der Waals surface area (Å²) in [6.07, 6.45) is 8.36. The molecule has 1 rings (SSSR count). The van der Waals surface area contributed by atoms with Crippen molar-refractivity contribution in [1.29, 1.82) is 0 Å². The molecule has 2 unspecified atom stereocenters. The van der Waals surface area contributed by atoms with Crippen LogP contribution in [0.2, 0.25) is 0 Å². The van der Waals surface area contributed by atoms with E-state index in [-0.39, 0.29) is 0 Å². The fourth-order valence-electron chi connectivity index (χ4n) is 3.12. The largest absolute Gasteiger partial charge is 0.317 e. The molecule has 2 atom stereocenters. The van der Waals surface area contributed by atoms with Crippen molar-refractivity contribution >= 4 is 0 Å². The van der Waals surface area contributed by atoms with E-state index < -0.39 is 0 Å². The summed E-state index contributed by atoms with van der Waals surface area (Å²) in [6.45, 7) is 7.20. The van der Waals surface area contributed by atoms with Crippen LogP contribution in [-0.4, -0.2) is 13.1 Å². The van der Waals surface area contributed by atoms with Crippen LogP contribution in [0.5, 0.6) is 0 Å². The van der Waals surface area contributed by atoms with Crippen LogP contribution >= 0.6 is 0 Å². The molecule has 0 amide bonds. The Bertz CT molecular complexity index is 163. The van der Waals surface area contributed by atoms with Gasteiger partial charge in [0.1, 0.15) is 0 Å². The second-order valence-corrected chi connectivity index (χ2v) is 5.52. The second-order valence-electron chi connectivity index (χ2n) is 5.52. The molecular weight excluding hydrogens is 170 g/mol. The normalized spacial score (nSPS) is 28.7. The zero-order valence-corrected chi connectivity index (χ0v) is 10.4. The highest BCUT2D eigenvalue weighted by Crippen LogP contribution is 2.43. The van der Waals surface area contributed by atoms with Gasteiger partial charge in [0, 0.05) is 6.04 Å². The summed E-state index contributed by atoms with van der Waals surface area (Å²) in [4.78, 5) is 0. The van der Waals surface area contributed by atoms with Crippen LogP contribution < -0.4 is 5.32 Å². The monoisotopic (exact) mass is 197 g/mol. The van der Waals surface area contributed by atoms with Crippen molar-refractivity contribution < 1.29 is 0 Å². The van der Waals surface area contributed by atoms with Crippen LogP contribution in [-0.2, 0) is 0 Å². The van der Waals surface area contributed by atoms with Gasteiger partial charge in [-0.1, -0.05) is 40.0 Å². The fraction of sp³-hybridized carbons (Fsp3) is 1.00. The molecule has 0 heterocycles. The van der Waals surface area contributed by atoms with Crippen LogP contribution in [0.4, 0.5) is 0 Å². The fourth-order valence-corrected chi connectivity index (χ4v) is 3.12. The van der Waals surface area contributed by atoms with E-state index >= 15 is 0 Å². The maximum atomic E-state index is 3.53. The molecule has 0 saturated heterocycles. The molecule has 0 aromatic heterocycles. The highest BCUT2D eigenvalue weighted by molar-refractivity contribution is 4.89. The van der Waals surface area contributed by atoms with Crippen LogP contribution in [0.1, 0.15) is 59.3 Å². The van der Waals surface area contributed by atoms with Crippen molar-refractivity contribution in [1.82, 2.24) is 5.32 Å². The quantitative estimate of drug-likeness (QED) is 0.726. The van der Waals surface area contributed by atoms with Crippen molar-refractivity contribution in [2.45, 2.75) is 65.3 Å².